The predicted molar refractivity (Wildman–Crippen MR) is 69.7 cm³/mol. The first-order chi connectivity index (χ1) is 7.85. The van der Waals surface area contributed by atoms with E-state index in [4.69, 9.17) is 0 Å². The van der Waals surface area contributed by atoms with Crippen molar-refractivity contribution in [3.05, 3.63) is 0 Å². The van der Waals surface area contributed by atoms with Gasteiger partial charge in [-0.05, 0) is 70.5 Å². The summed E-state index contributed by atoms with van der Waals surface area (Å²) < 4.78 is 0. The first-order valence-corrected chi connectivity index (χ1v) is 7.30. The lowest BCUT2D eigenvalue weighted by molar-refractivity contribution is 0.203. The molecule has 0 aromatic heterocycles. The third-order valence-electron chi connectivity index (χ3n) is 4.69. The minimum Gasteiger partial charge on any atom is -0.316 e. The van der Waals surface area contributed by atoms with Gasteiger partial charge in [0.1, 0.15) is 0 Å². The van der Waals surface area contributed by atoms with Gasteiger partial charge in [-0.15, -0.1) is 0 Å². The van der Waals surface area contributed by atoms with E-state index in [0.29, 0.717) is 5.54 Å². The number of hydrogen-bond acceptors (Lipinski definition) is 2. The van der Waals surface area contributed by atoms with Crippen LogP contribution in [0.5, 0.6) is 0 Å². The van der Waals surface area contributed by atoms with Crippen LogP contribution in [-0.2, 0) is 0 Å². The molecule has 2 N–H and O–H groups in total. The molecule has 2 aliphatic rings. The van der Waals surface area contributed by atoms with Gasteiger partial charge in [-0.3, -0.25) is 0 Å². The first kappa shape index (κ1) is 12.4. The Kier molecular flexibility index (Phi) is 4.66. The summed E-state index contributed by atoms with van der Waals surface area (Å²) >= 11 is 0. The highest BCUT2D eigenvalue weighted by Crippen LogP contribution is 2.30. The van der Waals surface area contributed by atoms with Gasteiger partial charge >= 0.3 is 0 Å². The molecule has 0 aliphatic carbocycles. The fourth-order valence-corrected chi connectivity index (χ4v) is 3.37. The average molecular weight is 224 g/mol. The van der Waals surface area contributed by atoms with Gasteiger partial charge in [0.25, 0.3) is 0 Å². The molecule has 0 bridgehead atoms. The predicted octanol–water partition coefficient (Wildman–Crippen LogP) is 2.69. The fraction of sp³-hybridized carbons (Fsp3) is 1.00. The molecule has 0 amide bonds. The molecule has 2 nitrogen and oxygen atoms in total. The van der Waals surface area contributed by atoms with E-state index >= 15 is 0 Å². The number of hydrogen-bond donors (Lipinski definition) is 2. The molecule has 0 saturated carbocycles. The maximum Gasteiger partial charge on any atom is 0.0179 e. The Morgan fingerprint density at radius 2 is 2.12 bits per heavy atom. The Balaban J connectivity index is 1.77. The minimum atomic E-state index is 0.496. The van der Waals surface area contributed by atoms with Gasteiger partial charge in [0.15, 0.2) is 0 Å². The Bertz CT molecular complexity index is 191. The van der Waals surface area contributed by atoms with Crippen molar-refractivity contribution in [3.8, 4) is 0 Å². The zero-order valence-electron chi connectivity index (χ0n) is 10.9. The molecular weight excluding hydrogens is 196 g/mol. The minimum absolute atomic E-state index is 0.496. The van der Waals surface area contributed by atoms with E-state index in [0.717, 1.165) is 5.92 Å². The van der Waals surface area contributed by atoms with Crippen LogP contribution in [0.3, 0.4) is 0 Å². The monoisotopic (exact) mass is 224 g/mol. The lowest BCUT2D eigenvalue weighted by Gasteiger charge is -2.39. The summed E-state index contributed by atoms with van der Waals surface area (Å²) in [6, 6.07) is 0. The summed E-state index contributed by atoms with van der Waals surface area (Å²) in [5.74, 6) is 0.945. The van der Waals surface area contributed by atoms with Gasteiger partial charge in [-0.2, -0.15) is 0 Å². The summed E-state index contributed by atoms with van der Waals surface area (Å²) in [5.41, 5.74) is 0.496. The molecule has 16 heavy (non-hydrogen) atoms. The number of nitrogens with one attached hydrogen (secondary N) is 2. The van der Waals surface area contributed by atoms with Crippen LogP contribution in [0.2, 0.25) is 0 Å². The summed E-state index contributed by atoms with van der Waals surface area (Å²) in [6.45, 7) is 6.11. The van der Waals surface area contributed by atoms with Crippen LogP contribution >= 0.6 is 0 Å². The highest BCUT2D eigenvalue weighted by atomic mass is 15.0. The topological polar surface area (TPSA) is 24.1 Å². The number of piperidine rings is 2. The van der Waals surface area contributed by atoms with Gasteiger partial charge < -0.3 is 10.6 Å². The number of rotatable bonds is 4. The zero-order chi connectivity index (χ0) is 11.3. The third-order valence-corrected chi connectivity index (χ3v) is 4.69. The van der Waals surface area contributed by atoms with Crippen LogP contribution < -0.4 is 10.6 Å². The summed E-state index contributed by atoms with van der Waals surface area (Å²) in [4.78, 5) is 0. The second-order valence-electron chi connectivity index (χ2n) is 5.77. The maximum absolute atomic E-state index is 3.80. The van der Waals surface area contributed by atoms with E-state index in [1.807, 2.05) is 0 Å². The highest BCUT2D eigenvalue weighted by molar-refractivity contribution is 4.90. The zero-order valence-corrected chi connectivity index (χ0v) is 10.9. The normalized spacial score (nSPS) is 36.2. The van der Waals surface area contributed by atoms with Gasteiger partial charge in [-0.1, -0.05) is 13.3 Å². The van der Waals surface area contributed by atoms with E-state index in [9.17, 15) is 0 Å². The molecule has 2 unspecified atom stereocenters. The Labute approximate surface area is 101 Å². The molecule has 0 spiro atoms. The van der Waals surface area contributed by atoms with E-state index in [2.05, 4.69) is 17.6 Å². The van der Waals surface area contributed by atoms with Crippen molar-refractivity contribution in [1.29, 1.82) is 0 Å². The van der Waals surface area contributed by atoms with Gasteiger partial charge in [-0.25, -0.2) is 0 Å². The Hall–Kier alpha value is -0.0800. The quantitative estimate of drug-likeness (QED) is 0.767. The molecule has 0 aromatic carbocycles. The Morgan fingerprint density at radius 1 is 1.19 bits per heavy atom. The van der Waals surface area contributed by atoms with Gasteiger partial charge in [0, 0.05) is 5.54 Å². The van der Waals surface area contributed by atoms with Crippen molar-refractivity contribution in [1.82, 2.24) is 10.6 Å². The van der Waals surface area contributed by atoms with E-state index < -0.39 is 0 Å². The van der Waals surface area contributed by atoms with E-state index in [1.165, 1.54) is 71.0 Å². The molecule has 2 rings (SSSR count). The highest BCUT2D eigenvalue weighted by Gasteiger charge is 2.30. The standard InChI is InChI=1S/C14H28N2/c1-2-14(8-3-4-11-16-14)9-7-13-6-5-10-15-12-13/h13,15-16H,2-12H2,1H3. The van der Waals surface area contributed by atoms with Crippen LogP contribution in [0.15, 0.2) is 0 Å². The smallest absolute Gasteiger partial charge is 0.0179 e. The van der Waals surface area contributed by atoms with Crippen LogP contribution in [0, 0.1) is 5.92 Å². The van der Waals surface area contributed by atoms with Gasteiger partial charge in [0.05, 0.1) is 0 Å². The van der Waals surface area contributed by atoms with Crippen LogP contribution in [0.25, 0.3) is 0 Å². The van der Waals surface area contributed by atoms with E-state index in [-0.39, 0.29) is 0 Å². The molecule has 2 heteroatoms. The lowest BCUT2D eigenvalue weighted by Crippen LogP contribution is -2.48. The third kappa shape index (κ3) is 3.21. The van der Waals surface area contributed by atoms with Crippen molar-refractivity contribution in [3.63, 3.8) is 0 Å². The largest absolute Gasteiger partial charge is 0.316 e. The molecule has 2 fully saturated rings. The fourth-order valence-electron chi connectivity index (χ4n) is 3.37. The van der Waals surface area contributed by atoms with Gasteiger partial charge in [0.2, 0.25) is 0 Å². The maximum atomic E-state index is 3.80. The van der Waals surface area contributed by atoms with Crippen LogP contribution in [0.4, 0.5) is 0 Å². The van der Waals surface area contributed by atoms with Crippen molar-refractivity contribution in [2.24, 2.45) is 5.92 Å². The van der Waals surface area contributed by atoms with Crippen LogP contribution in [0.1, 0.15) is 58.3 Å². The summed E-state index contributed by atoms with van der Waals surface area (Å²) in [6.07, 6.45) is 11.2. The molecule has 2 saturated heterocycles. The van der Waals surface area contributed by atoms with Crippen LogP contribution in [-0.4, -0.2) is 25.2 Å². The lowest BCUT2D eigenvalue weighted by atomic mass is 9.79. The van der Waals surface area contributed by atoms with E-state index in [1.54, 1.807) is 0 Å². The average Bonchev–Trinajstić information content (AvgIpc) is 2.39. The molecule has 2 atom stereocenters. The molecule has 0 radical (unpaired) electrons. The molecule has 94 valence electrons. The SMILES string of the molecule is CCC1(CCC2CCCNC2)CCCCN1. The second kappa shape index (κ2) is 6.02. The summed E-state index contributed by atoms with van der Waals surface area (Å²) in [7, 11) is 0. The molecular formula is C14H28N2. The van der Waals surface area contributed by atoms with Crippen molar-refractivity contribution < 1.29 is 0 Å². The Morgan fingerprint density at radius 3 is 2.75 bits per heavy atom. The van der Waals surface area contributed by atoms with Crippen molar-refractivity contribution >= 4 is 0 Å². The second-order valence-corrected chi connectivity index (χ2v) is 5.77. The molecule has 0 aromatic rings. The van der Waals surface area contributed by atoms with Crippen molar-refractivity contribution in [2.45, 2.75) is 63.8 Å². The van der Waals surface area contributed by atoms with Crippen molar-refractivity contribution in [2.75, 3.05) is 19.6 Å². The summed E-state index contributed by atoms with van der Waals surface area (Å²) in [5, 5.41) is 7.33. The molecule has 2 aliphatic heterocycles. The molecule has 2 heterocycles. The first-order valence-electron chi connectivity index (χ1n) is 7.30.